The van der Waals surface area contributed by atoms with Crippen molar-refractivity contribution < 1.29 is 14.8 Å². The van der Waals surface area contributed by atoms with Crippen molar-refractivity contribution in [1.82, 2.24) is 0 Å². The van der Waals surface area contributed by atoms with E-state index in [1.807, 2.05) is 0 Å². The summed E-state index contributed by atoms with van der Waals surface area (Å²) < 4.78 is 5.15. The largest absolute Gasteiger partial charge is 0.477 e. The Hall–Kier alpha value is -1.37. The Morgan fingerprint density at radius 1 is 1.42 bits per heavy atom. The standard InChI is InChI=1S/C11H10Cl2N2O4/c12-10(13)11-14-8(5-19-11)9(16)6-1-3-7(4-2-6)15(17)18/h1-4,8-10,16H,5H2/t8-,9+/m0/s1. The van der Waals surface area contributed by atoms with Crippen LogP contribution in [0.3, 0.4) is 0 Å². The molecule has 6 nitrogen and oxygen atoms in total. The summed E-state index contributed by atoms with van der Waals surface area (Å²) in [5.41, 5.74) is 0.481. The van der Waals surface area contributed by atoms with Crippen LogP contribution < -0.4 is 0 Å². The highest BCUT2D eigenvalue weighted by Crippen LogP contribution is 2.26. The molecule has 1 aromatic carbocycles. The summed E-state index contributed by atoms with van der Waals surface area (Å²) in [6.07, 6.45) is -0.926. The van der Waals surface area contributed by atoms with Gasteiger partial charge in [0.15, 0.2) is 4.84 Å². The van der Waals surface area contributed by atoms with Crippen LogP contribution >= 0.6 is 23.2 Å². The quantitative estimate of drug-likeness (QED) is 0.525. The van der Waals surface area contributed by atoms with E-state index >= 15 is 0 Å². The number of nitro groups is 1. The first-order valence-corrected chi connectivity index (χ1v) is 6.27. The zero-order valence-electron chi connectivity index (χ0n) is 9.57. The average Bonchev–Trinajstić information content (AvgIpc) is 2.87. The monoisotopic (exact) mass is 304 g/mol. The molecule has 2 rings (SSSR count). The number of aliphatic hydroxyl groups excluding tert-OH is 1. The van der Waals surface area contributed by atoms with E-state index in [1.54, 1.807) is 0 Å². The highest BCUT2D eigenvalue weighted by atomic mass is 35.5. The van der Waals surface area contributed by atoms with Crippen LogP contribution in [0.5, 0.6) is 0 Å². The Kier molecular flexibility index (Phi) is 4.24. The predicted octanol–water partition coefficient (Wildman–Crippen LogP) is 2.23. The minimum atomic E-state index is -0.926. The third-order valence-corrected chi connectivity index (χ3v) is 3.06. The number of nitrogens with zero attached hydrogens (tertiary/aromatic N) is 2. The van der Waals surface area contributed by atoms with Crippen LogP contribution in [0.25, 0.3) is 0 Å². The van der Waals surface area contributed by atoms with E-state index in [2.05, 4.69) is 4.99 Å². The second kappa shape index (κ2) is 5.73. The summed E-state index contributed by atoms with van der Waals surface area (Å²) in [7, 11) is 0. The number of benzene rings is 1. The summed E-state index contributed by atoms with van der Waals surface area (Å²) in [6, 6.07) is 5.09. The van der Waals surface area contributed by atoms with Gasteiger partial charge in [-0.1, -0.05) is 23.2 Å². The molecule has 0 aromatic heterocycles. The molecule has 1 aromatic rings. The van der Waals surface area contributed by atoms with Gasteiger partial charge in [-0.2, -0.15) is 0 Å². The summed E-state index contributed by atoms with van der Waals surface area (Å²) in [4.78, 5) is 13.2. The molecular weight excluding hydrogens is 295 g/mol. The van der Waals surface area contributed by atoms with Crippen molar-refractivity contribution in [2.75, 3.05) is 6.61 Å². The first kappa shape index (κ1) is 14.0. The fraction of sp³-hybridized carbons (Fsp3) is 0.364. The van der Waals surface area contributed by atoms with Gasteiger partial charge in [-0.15, -0.1) is 0 Å². The molecule has 19 heavy (non-hydrogen) atoms. The Bertz CT molecular complexity index is 504. The summed E-state index contributed by atoms with van der Waals surface area (Å²) in [5.74, 6) is 0.175. The van der Waals surface area contributed by atoms with Gasteiger partial charge >= 0.3 is 0 Å². The fourth-order valence-corrected chi connectivity index (χ4v) is 1.94. The molecular formula is C11H10Cl2N2O4. The highest BCUT2D eigenvalue weighted by Gasteiger charge is 2.29. The average molecular weight is 305 g/mol. The molecule has 0 saturated carbocycles. The number of aliphatic imine (C=N–C) groups is 1. The molecule has 0 saturated heterocycles. The number of hydrogen-bond donors (Lipinski definition) is 1. The number of ether oxygens (including phenoxy) is 1. The van der Waals surface area contributed by atoms with Crippen LogP contribution in [0.4, 0.5) is 5.69 Å². The number of rotatable bonds is 4. The Morgan fingerprint density at radius 3 is 2.53 bits per heavy atom. The van der Waals surface area contributed by atoms with Crippen molar-refractivity contribution in [3.05, 3.63) is 39.9 Å². The molecule has 102 valence electrons. The second-order valence-corrected chi connectivity index (χ2v) is 5.04. The van der Waals surface area contributed by atoms with Crippen LogP contribution in [-0.2, 0) is 4.74 Å². The van der Waals surface area contributed by atoms with Crippen LogP contribution in [0, 0.1) is 10.1 Å². The van der Waals surface area contributed by atoms with E-state index in [1.165, 1.54) is 24.3 Å². The summed E-state index contributed by atoms with van der Waals surface area (Å²) in [6.45, 7) is 0.170. The van der Waals surface area contributed by atoms with Gasteiger partial charge in [0.1, 0.15) is 18.8 Å². The lowest BCUT2D eigenvalue weighted by Crippen LogP contribution is -2.17. The normalized spacial score (nSPS) is 20.0. The number of halogens is 2. The number of aliphatic hydroxyl groups is 1. The van der Waals surface area contributed by atoms with E-state index in [9.17, 15) is 15.2 Å². The SMILES string of the molecule is O=[N+]([O-])c1ccc([C@@H](O)[C@@H]2COC(C(Cl)Cl)=N2)cc1. The second-order valence-electron chi connectivity index (χ2n) is 3.94. The lowest BCUT2D eigenvalue weighted by molar-refractivity contribution is -0.384. The molecule has 0 spiro atoms. The molecule has 0 aliphatic carbocycles. The maximum absolute atomic E-state index is 10.5. The number of alkyl halides is 2. The molecule has 1 aliphatic rings. The van der Waals surface area contributed by atoms with Gasteiger partial charge in [0.25, 0.3) is 5.69 Å². The predicted molar refractivity (Wildman–Crippen MR) is 70.7 cm³/mol. The molecule has 0 amide bonds. The van der Waals surface area contributed by atoms with Crippen LogP contribution in [0.15, 0.2) is 29.3 Å². The third-order valence-electron chi connectivity index (χ3n) is 2.69. The molecule has 1 aliphatic heterocycles. The Balaban J connectivity index is 2.12. The molecule has 2 atom stereocenters. The molecule has 8 heteroatoms. The topological polar surface area (TPSA) is 85.0 Å². The smallest absolute Gasteiger partial charge is 0.269 e. The van der Waals surface area contributed by atoms with Gasteiger partial charge in [0, 0.05) is 12.1 Å². The van der Waals surface area contributed by atoms with Gasteiger partial charge in [-0.25, -0.2) is 4.99 Å². The number of hydrogen-bond acceptors (Lipinski definition) is 5. The number of nitro benzene ring substituents is 1. The lowest BCUT2D eigenvalue weighted by Gasteiger charge is -2.14. The molecule has 0 fully saturated rings. The van der Waals surface area contributed by atoms with Crippen molar-refractivity contribution in [2.24, 2.45) is 4.99 Å². The molecule has 0 radical (unpaired) electrons. The van der Waals surface area contributed by atoms with Gasteiger partial charge in [0.05, 0.1) is 4.92 Å². The van der Waals surface area contributed by atoms with Crippen LogP contribution in [0.1, 0.15) is 11.7 Å². The molecule has 1 N–H and O–H groups in total. The maximum atomic E-state index is 10.5. The Morgan fingerprint density at radius 2 is 2.05 bits per heavy atom. The van der Waals surface area contributed by atoms with E-state index in [0.717, 1.165) is 0 Å². The first-order valence-electron chi connectivity index (χ1n) is 5.40. The van der Waals surface area contributed by atoms with E-state index in [4.69, 9.17) is 27.9 Å². The lowest BCUT2D eigenvalue weighted by atomic mass is 10.0. The van der Waals surface area contributed by atoms with Gasteiger partial charge in [-0.3, -0.25) is 10.1 Å². The highest BCUT2D eigenvalue weighted by molar-refractivity contribution is 6.53. The van der Waals surface area contributed by atoms with Crippen molar-refractivity contribution in [3.8, 4) is 0 Å². The molecule has 0 bridgehead atoms. The zero-order chi connectivity index (χ0) is 14.0. The first-order chi connectivity index (χ1) is 8.99. The zero-order valence-corrected chi connectivity index (χ0v) is 11.1. The fourth-order valence-electron chi connectivity index (χ4n) is 1.71. The van der Waals surface area contributed by atoms with Crippen LogP contribution in [-0.4, -0.2) is 33.4 Å². The van der Waals surface area contributed by atoms with Gasteiger partial charge in [-0.05, 0) is 17.7 Å². The van der Waals surface area contributed by atoms with Crippen molar-refractivity contribution in [2.45, 2.75) is 17.0 Å². The van der Waals surface area contributed by atoms with Crippen molar-refractivity contribution in [1.29, 1.82) is 0 Å². The molecule has 1 heterocycles. The van der Waals surface area contributed by atoms with Crippen LogP contribution in [0.2, 0.25) is 0 Å². The van der Waals surface area contributed by atoms with Crippen molar-refractivity contribution in [3.63, 3.8) is 0 Å². The number of non-ortho nitro benzene ring substituents is 1. The summed E-state index contributed by atoms with van der Waals surface area (Å²) in [5, 5.41) is 20.6. The van der Waals surface area contributed by atoms with Crippen molar-refractivity contribution >= 4 is 34.8 Å². The van der Waals surface area contributed by atoms with E-state index in [-0.39, 0.29) is 18.2 Å². The van der Waals surface area contributed by atoms with E-state index in [0.29, 0.717) is 5.56 Å². The van der Waals surface area contributed by atoms with E-state index < -0.39 is 21.9 Å². The Labute approximate surface area is 118 Å². The van der Waals surface area contributed by atoms with Gasteiger partial charge < -0.3 is 9.84 Å². The summed E-state index contributed by atoms with van der Waals surface area (Å²) >= 11 is 11.2. The minimum absolute atomic E-state index is 0.0376. The molecule has 0 unspecified atom stereocenters. The minimum Gasteiger partial charge on any atom is -0.477 e. The third kappa shape index (κ3) is 3.15. The van der Waals surface area contributed by atoms with Gasteiger partial charge in [0.2, 0.25) is 5.90 Å². The maximum Gasteiger partial charge on any atom is 0.269 e.